The van der Waals surface area contributed by atoms with Crippen LogP contribution in [0, 0.1) is 56.7 Å². The predicted octanol–water partition coefficient (Wildman–Crippen LogP) is 8.47. The van der Waals surface area contributed by atoms with Gasteiger partial charge in [0.1, 0.15) is 11.8 Å². The van der Waals surface area contributed by atoms with Crippen molar-refractivity contribution >= 4 is 11.9 Å². The van der Waals surface area contributed by atoms with Crippen LogP contribution in [0.25, 0.3) is 11.4 Å². The van der Waals surface area contributed by atoms with Gasteiger partial charge in [-0.2, -0.15) is 0 Å². The van der Waals surface area contributed by atoms with Crippen LogP contribution < -0.4 is 0 Å². The first-order chi connectivity index (χ1) is 23.1. The lowest BCUT2D eigenvalue weighted by atomic mass is 9.32. The number of allylic oxidation sites excluding steroid dienone is 1. The number of aromatic nitrogens is 4. The number of pyridine rings is 1. The molecule has 0 aromatic carbocycles. The molecular formula is C41H58N4O4. The molecule has 5 saturated carbocycles. The van der Waals surface area contributed by atoms with E-state index in [0.29, 0.717) is 42.7 Å². The van der Waals surface area contributed by atoms with Crippen molar-refractivity contribution in [2.75, 3.05) is 6.61 Å². The van der Waals surface area contributed by atoms with E-state index in [0.717, 1.165) is 43.5 Å². The molecule has 5 fully saturated rings. The molecule has 0 bridgehead atoms. The van der Waals surface area contributed by atoms with Crippen molar-refractivity contribution in [1.29, 1.82) is 0 Å². The Bertz CT molecular complexity index is 1600. The Morgan fingerprint density at radius 3 is 2.39 bits per heavy atom. The maximum Gasteiger partial charge on any atom is 0.302 e. The van der Waals surface area contributed by atoms with Crippen LogP contribution in [-0.4, -0.2) is 44.6 Å². The van der Waals surface area contributed by atoms with Gasteiger partial charge in [-0.3, -0.25) is 14.6 Å². The number of esters is 2. The lowest BCUT2D eigenvalue weighted by molar-refractivity contribution is -0.252. The molecule has 10 atom stereocenters. The molecule has 2 aromatic heterocycles. The van der Waals surface area contributed by atoms with Crippen LogP contribution in [-0.2, 0) is 25.6 Å². The third kappa shape index (κ3) is 5.32. The van der Waals surface area contributed by atoms with Crippen LogP contribution in [0.4, 0.5) is 0 Å². The maximum atomic E-state index is 12.2. The number of ether oxygens (including phenoxy) is 2. The van der Waals surface area contributed by atoms with Crippen molar-refractivity contribution in [1.82, 2.24) is 20.0 Å². The second-order valence-corrected chi connectivity index (χ2v) is 18.1. The number of carbonyl (C=O) groups excluding carboxylic acids is 2. The van der Waals surface area contributed by atoms with Crippen LogP contribution in [0.5, 0.6) is 0 Å². The highest BCUT2D eigenvalue weighted by molar-refractivity contribution is 5.66. The average molecular weight is 671 g/mol. The Hall–Kier alpha value is -3.03. The summed E-state index contributed by atoms with van der Waals surface area (Å²) in [6, 6.07) is 5.84. The summed E-state index contributed by atoms with van der Waals surface area (Å²) in [5.74, 6) is 2.11. The van der Waals surface area contributed by atoms with Gasteiger partial charge in [0.15, 0.2) is 0 Å². The molecule has 8 nitrogen and oxygen atoms in total. The molecular weight excluding hydrogens is 612 g/mol. The van der Waals surface area contributed by atoms with Gasteiger partial charge in [-0.15, -0.1) is 5.10 Å². The highest BCUT2D eigenvalue weighted by atomic mass is 16.5. The first kappa shape index (κ1) is 34.4. The molecule has 0 amide bonds. The van der Waals surface area contributed by atoms with E-state index in [9.17, 15) is 9.59 Å². The van der Waals surface area contributed by atoms with Crippen molar-refractivity contribution in [2.24, 2.45) is 56.7 Å². The van der Waals surface area contributed by atoms with E-state index < -0.39 is 0 Å². The zero-order chi connectivity index (χ0) is 35.0. The van der Waals surface area contributed by atoms with E-state index in [2.05, 4.69) is 49.9 Å². The minimum atomic E-state index is -0.178. The lowest BCUT2D eigenvalue weighted by Crippen LogP contribution is -2.67. The first-order valence-electron chi connectivity index (χ1n) is 18.9. The first-order valence-corrected chi connectivity index (χ1v) is 18.9. The molecule has 0 aliphatic heterocycles. The number of nitrogens with zero attached hydrogens (tertiary/aromatic N) is 4. The molecule has 0 unspecified atom stereocenters. The third-order valence-corrected chi connectivity index (χ3v) is 15.8. The fourth-order valence-corrected chi connectivity index (χ4v) is 13.4. The number of hydrogen-bond donors (Lipinski definition) is 0. The molecule has 2 aromatic rings. The molecule has 5 aliphatic carbocycles. The average Bonchev–Trinajstić information content (AvgIpc) is 3.68. The molecule has 8 heteroatoms. The lowest BCUT2D eigenvalue weighted by Gasteiger charge is -2.73. The molecule has 266 valence electrons. The summed E-state index contributed by atoms with van der Waals surface area (Å²) in [6.07, 6.45) is 15.1. The smallest absolute Gasteiger partial charge is 0.302 e. The van der Waals surface area contributed by atoms with Gasteiger partial charge in [-0.05, 0) is 122 Å². The molecule has 0 N–H and O–H groups in total. The van der Waals surface area contributed by atoms with E-state index in [4.69, 9.17) is 16.1 Å². The Balaban J connectivity index is 1.19. The monoisotopic (exact) mass is 670 g/mol. The fraction of sp³-hybridized carbons (Fsp3) is 0.732. The fourth-order valence-electron chi connectivity index (χ4n) is 13.4. The van der Waals surface area contributed by atoms with E-state index in [-0.39, 0.29) is 45.1 Å². The minimum absolute atomic E-state index is 0.00814. The topological polar surface area (TPSA) is 96.2 Å². The summed E-state index contributed by atoms with van der Waals surface area (Å²) in [5, 5.41) is 8.93. The largest absolute Gasteiger partial charge is 0.465 e. The van der Waals surface area contributed by atoms with Crippen molar-refractivity contribution in [3.8, 4) is 11.4 Å². The second-order valence-electron chi connectivity index (χ2n) is 18.1. The number of carbonyl (C=O) groups is 2. The minimum Gasteiger partial charge on any atom is -0.465 e. The van der Waals surface area contributed by atoms with Gasteiger partial charge in [0.25, 0.3) is 0 Å². The zero-order valence-corrected chi connectivity index (χ0v) is 31.0. The highest BCUT2D eigenvalue weighted by Gasteiger charge is 2.71. The Kier molecular flexibility index (Phi) is 8.46. The molecule has 7 rings (SSSR count). The zero-order valence-electron chi connectivity index (χ0n) is 31.0. The summed E-state index contributed by atoms with van der Waals surface area (Å²) in [7, 11) is 0. The van der Waals surface area contributed by atoms with Crippen LogP contribution in [0.1, 0.15) is 113 Å². The Labute approximate surface area is 293 Å². The van der Waals surface area contributed by atoms with Gasteiger partial charge in [0, 0.05) is 30.9 Å². The summed E-state index contributed by atoms with van der Waals surface area (Å²) in [5.41, 5.74) is 3.34. The van der Waals surface area contributed by atoms with E-state index >= 15 is 0 Å². The Morgan fingerprint density at radius 1 is 0.878 bits per heavy atom. The standard InChI is InChI=1S/C41H58N4O4/c1-26(23-45-24-32(43-44-45)31-11-9-10-22-42-31)29-14-19-41(25-48-27(2)46)21-20-39(7)30(36(29)41)12-13-34-38(6)17-16-35(49-28(3)47)37(4,5)33(38)15-18-40(34,39)8/h9-11,22,24,29-30,33-36H,1,12-21,23,25H2,2-8H3/t29-,30+,33-,34+,35-,36+,38-,39+,40+,41+/m0/s1. The number of hydrogen-bond acceptors (Lipinski definition) is 7. The third-order valence-electron chi connectivity index (χ3n) is 15.8. The van der Waals surface area contributed by atoms with Crippen molar-refractivity contribution in [3.05, 3.63) is 42.7 Å². The second kappa shape index (κ2) is 12.0. The Morgan fingerprint density at radius 2 is 1.67 bits per heavy atom. The SMILES string of the molecule is C=C(Cn1cc(-c2ccccn2)nn1)[C@@H]1CC[C@]2(COC(C)=O)CC[C@]3(C)[C@H](CC[C@@H]4[C@@]5(C)CC[C@H](OC(C)=O)C(C)(C)[C@@H]5CC[C@]43C)[C@@H]12. The molecule has 2 heterocycles. The van der Waals surface area contributed by atoms with Crippen molar-refractivity contribution in [3.63, 3.8) is 0 Å². The summed E-state index contributed by atoms with van der Waals surface area (Å²) in [4.78, 5) is 28.8. The van der Waals surface area contributed by atoms with Gasteiger partial charge < -0.3 is 9.47 Å². The van der Waals surface area contributed by atoms with Gasteiger partial charge in [-0.1, -0.05) is 58.1 Å². The molecule has 0 saturated heterocycles. The van der Waals surface area contributed by atoms with Crippen LogP contribution in [0.15, 0.2) is 42.7 Å². The number of fused-ring (bicyclic) bond motifs is 7. The highest BCUT2D eigenvalue weighted by Crippen LogP contribution is 2.77. The van der Waals surface area contributed by atoms with Crippen molar-refractivity contribution < 1.29 is 19.1 Å². The molecule has 0 spiro atoms. The van der Waals surface area contributed by atoms with Gasteiger partial charge in [-0.25, -0.2) is 4.68 Å². The quantitative estimate of drug-likeness (QED) is 0.215. The van der Waals surface area contributed by atoms with Gasteiger partial charge in [0.2, 0.25) is 0 Å². The normalized spacial score (nSPS) is 40.6. The van der Waals surface area contributed by atoms with E-state index in [1.807, 2.05) is 29.1 Å². The van der Waals surface area contributed by atoms with Crippen LogP contribution >= 0.6 is 0 Å². The number of rotatable bonds is 7. The molecule has 49 heavy (non-hydrogen) atoms. The van der Waals surface area contributed by atoms with E-state index in [1.54, 1.807) is 20.0 Å². The summed E-state index contributed by atoms with van der Waals surface area (Å²) in [6.45, 7) is 21.6. The van der Waals surface area contributed by atoms with Gasteiger partial charge in [0.05, 0.1) is 25.0 Å². The molecule has 0 radical (unpaired) electrons. The van der Waals surface area contributed by atoms with Crippen molar-refractivity contribution in [2.45, 2.75) is 125 Å². The predicted molar refractivity (Wildman–Crippen MR) is 189 cm³/mol. The van der Waals surface area contributed by atoms with Gasteiger partial charge >= 0.3 is 11.9 Å². The summed E-state index contributed by atoms with van der Waals surface area (Å²) >= 11 is 0. The van der Waals surface area contributed by atoms with Crippen LogP contribution in [0.3, 0.4) is 0 Å². The van der Waals surface area contributed by atoms with E-state index in [1.165, 1.54) is 37.7 Å². The maximum absolute atomic E-state index is 12.2. The summed E-state index contributed by atoms with van der Waals surface area (Å²) < 4.78 is 13.8. The van der Waals surface area contributed by atoms with Crippen LogP contribution in [0.2, 0.25) is 0 Å². The molecule has 5 aliphatic rings.